The van der Waals surface area contributed by atoms with E-state index in [0.717, 1.165) is 55.7 Å². The van der Waals surface area contributed by atoms with Crippen LogP contribution in [-0.4, -0.2) is 40.2 Å². The molecule has 1 N–H and O–H groups in total. The number of hydrogen-bond acceptors (Lipinski definition) is 6. The molecule has 1 aromatic carbocycles. The Morgan fingerprint density at radius 1 is 1.09 bits per heavy atom. The first-order chi connectivity index (χ1) is 15.7. The Bertz CT molecular complexity index is 1090. The van der Waals surface area contributed by atoms with Gasteiger partial charge in [-0.2, -0.15) is 4.98 Å². The largest absolute Gasteiger partial charge is 0.356 e. The number of nitrogens with one attached hydrogen (secondary N) is 1. The van der Waals surface area contributed by atoms with Crippen molar-refractivity contribution in [2.75, 3.05) is 18.0 Å². The molecule has 5 rings (SSSR count). The number of hydrogen-bond donors (Lipinski definition) is 1. The van der Waals surface area contributed by atoms with Crippen molar-refractivity contribution >= 4 is 23.3 Å². The van der Waals surface area contributed by atoms with Gasteiger partial charge in [0.1, 0.15) is 5.82 Å². The maximum atomic E-state index is 12.7. The van der Waals surface area contributed by atoms with Crippen LogP contribution in [0.5, 0.6) is 0 Å². The average molecular weight is 452 g/mol. The van der Waals surface area contributed by atoms with Crippen LogP contribution in [0.2, 0.25) is 5.02 Å². The van der Waals surface area contributed by atoms with E-state index < -0.39 is 0 Å². The van der Waals surface area contributed by atoms with Gasteiger partial charge in [0.2, 0.25) is 11.7 Å². The molecule has 2 aromatic heterocycles. The first kappa shape index (κ1) is 20.9. The maximum absolute atomic E-state index is 12.7. The molecule has 2 aliphatic rings. The molecule has 32 heavy (non-hydrogen) atoms. The third-order valence-corrected chi connectivity index (χ3v) is 6.63. The molecular weight excluding hydrogens is 426 g/mol. The summed E-state index contributed by atoms with van der Waals surface area (Å²) in [6.07, 6.45) is 8.07. The van der Waals surface area contributed by atoms with E-state index in [2.05, 4.69) is 25.3 Å². The third-order valence-electron chi connectivity index (χ3n) is 6.39. The van der Waals surface area contributed by atoms with Crippen LogP contribution in [0.4, 0.5) is 5.82 Å². The minimum atomic E-state index is 0.0665. The fraction of sp³-hybridized carbons (Fsp3) is 0.417. The number of piperidine rings is 1. The highest BCUT2D eigenvalue weighted by Gasteiger charge is 2.29. The molecule has 8 heteroatoms. The van der Waals surface area contributed by atoms with Crippen molar-refractivity contribution in [3.63, 3.8) is 0 Å². The number of benzene rings is 1. The molecule has 1 aliphatic carbocycles. The van der Waals surface area contributed by atoms with Gasteiger partial charge in [-0.3, -0.25) is 4.79 Å². The number of carbonyl (C=O) groups excluding carboxylic acids is 1. The van der Waals surface area contributed by atoms with Gasteiger partial charge in [-0.1, -0.05) is 41.7 Å². The summed E-state index contributed by atoms with van der Waals surface area (Å²) in [5, 5.41) is 8.00. The summed E-state index contributed by atoms with van der Waals surface area (Å²) in [5.74, 6) is 1.99. The molecule has 0 spiro atoms. The maximum Gasteiger partial charge on any atom is 0.261 e. The molecule has 7 nitrogen and oxygen atoms in total. The normalized spacial score (nSPS) is 17.6. The fourth-order valence-electron chi connectivity index (χ4n) is 4.64. The molecule has 166 valence electrons. The first-order valence-electron chi connectivity index (χ1n) is 11.3. The van der Waals surface area contributed by atoms with E-state index in [0.29, 0.717) is 22.8 Å². The lowest BCUT2D eigenvalue weighted by molar-refractivity contribution is -0.126. The van der Waals surface area contributed by atoms with Gasteiger partial charge in [0.15, 0.2) is 0 Å². The quantitative estimate of drug-likeness (QED) is 0.603. The van der Waals surface area contributed by atoms with Gasteiger partial charge in [0.25, 0.3) is 5.89 Å². The zero-order valence-electron chi connectivity index (χ0n) is 17.8. The lowest BCUT2D eigenvalue weighted by atomic mass is 9.95. The number of rotatable bonds is 5. The van der Waals surface area contributed by atoms with Gasteiger partial charge in [-0.25, -0.2) is 4.98 Å². The summed E-state index contributed by atoms with van der Waals surface area (Å²) in [7, 11) is 0. The second-order valence-electron chi connectivity index (χ2n) is 8.56. The summed E-state index contributed by atoms with van der Waals surface area (Å²) < 4.78 is 5.58. The van der Waals surface area contributed by atoms with Crippen LogP contribution in [0.3, 0.4) is 0 Å². The molecule has 1 saturated heterocycles. The topological polar surface area (TPSA) is 84.2 Å². The zero-order chi connectivity index (χ0) is 21.9. The van der Waals surface area contributed by atoms with E-state index in [-0.39, 0.29) is 11.8 Å². The minimum absolute atomic E-state index is 0.0665. The highest BCUT2D eigenvalue weighted by atomic mass is 35.5. The lowest BCUT2D eigenvalue weighted by Crippen LogP contribution is -2.43. The molecule has 3 heterocycles. The number of pyridine rings is 1. The van der Waals surface area contributed by atoms with Crippen LogP contribution in [-0.2, 0) is 4.79 Å². The number of halogens is 1. The summed E-state index contributed by atoms with van der Waals surface area (Å²) in [5.41, 5.74) is 1.59. The van der Waals surface area contributed by atoms with E-state index in [1.165, 1.54) is 12.8 Å². The van der Waals surface area contributed by atoms with Crippen molar-refractivity contribution < 1.29 is 9.32 Å². The monoisotopic (exact) mass is 451 g/mol. The van der Waals surface area contributed by atoms with Crippen molar-refractivity contribution in [2.24, 2.45) is 5.92 Å². The van der Waals surface area contributed by atoms with Crippen LogP contribution in [0.25, 0.3) is 22.8 Å². The smallest absolute Gasteiger partial charge is 0.261 e. The predicted molar refractivity (Wildman–Crippen MR) is 123 cm³/mol. The Morgan fingerprint density at radius 3 is 2.69 bits per heavy atom. The van der Waals surface area contributed by atoms with Crippen molar-refractivity contribution in [1.82, 2.24) is 20.4 Å². The van der Waals surface area contributed by atoms with Crippen LogP contribution >= 0.6 is 11.6 Å². The molecule has 3 aromatic rings. The standard InChI is InChI=1S/C24H26ClN5O2/c25-18-6-3-5-17(15-18)21-28-24(32-29-21)20-9-4-12-26-22(20)30-13-10-16(11-14-30)23(31)27-19-7-1-2-8-19/h3-6,9,12,15-16,19H,1-2,7-8,10-11,13-14H2,(H,27,31). The number of aromatic nitrogens is 3. The van der Waals surface area contributed by atoms with E-state index in [1.54, 1.807) is 6.20 Å². The SMILES string of the molecule is O=C(NC1CCCC1)C1CCN(c2ncccc2-c2nc(-c3cccc(Cl)c3)no2)CC1. The van der Waals surface area contributed by atoms with Crippen LogP contribution in [0, 0.1) is 5.92 Å². The molecule has 2 fully saturated rings. The van der Waals surface area contributed by atoms with Gasteiger partial charge in [-0.15, -0.1) is 0 Å². The van der Waals surface area contributed by atoms with Gasteiger partial charge in [0.05, 0.1) is 5.56 Å². The van der Waals surface area contributed by atoms with Crippen molar-refractivity contribution in [1.29, 1.82) is 0 Å². The van der Waals surface area contributed by atoms with Crippen LogP contribution in [0.15, 0.2) is 47.1 Å². The average Bonchev–Trinajstić information content (AvgIpc) is 3.52. The van der Waals surface area contributed by atoms with E-state index >= 15 is 0 Å². The molecule has 1 amide bonds. The summed E-state index contributed by atoms with van der Waals surface area (Å²) in [6, 6.07) is 11.5. The van der Waals surface area contributed by atoms with Gasteiger partial charge < -0.3 is 14.7 Å². The highest BCUT2D eigenvalue weighted by molar-refractivity contribution is 6.30. The summed E-state index contributed by atoms with van der Waals surface area (Å²) in [4.78, 5) is 24.1. The molecule has 1 saturated carbocycles. The molecular formula is C24H26ClN5O2. The predicted octanol–water partition coefficient (Wildman–Crippen LogP) is 4.73. The van der Waals surface area contributed by atoms with Crippen molar-refractivity contribution in [3.05, 3.63) is 47.6 Å². The minimum Gasteiger partial charge on any atom is -0.356 e. The number of amides is 1. The Hall–Kier alpha value is -2.93. The fourth-order valence-corrected chi connectivity index (χ4v) is 4.83. The highest BCUT2D eigenvalue weighted by Crippen LogP contribution is 2.32. The Kier molecular flexibility index (Phi) is 6.08. The molecule has 0 radical (unpaired) electrons. The molecule has 1 aliphatic heterocycles. The second kappa shape index (κ2) is 9.28. The van der Waals surface area contributed by atoms with Crippen molar-refractivity contribution in [3.8, 4) is 22.8 Å². The summed E-state index contributed by atoms with van der Waals surface area (Å²) in [6.45, 7) is 1.53. The molecule has 0 atom stereocenters. The van der Waals surface area contributed by atoms with Crippen LogP contribution < -0.4 is 10.2 Å². The van der Waals surface area contributed by atoms with E-state index in [4.69, 9.17) is 16.1 Å². The number of carbonyl (C=O) groups is 1. The second-order valence-corrected chi connectivity index (χ2v) is 9.00. The lowest BCUT2D eigenvalue weighted by Gasteiger charge is -2.33. The van der Waals surface area contributed by atoms with Crippen molar-refractivity contribution in [2.45, 2.75) is 44.6 Å². The Labute approximate surface area is 192 Å². The van der Waals surface area contributed by atoms with Gasteiger partial charge >= 0.3 is 0 Å². The molecule has 0 bridgehead atoms. The van der Waals surface area contributed by atoms with E-state index in [1.807, 2.05) is 36.4 Å². The van der Waals surface area contributed by atoms with Crippen LogP contribution in [0.1, 0.15) is 38.5 Å². The third kappa shape index (κ3) is 4.48. The van der Waals surface area contributed by atoms with Gasteiger partial charge in [0, 0.05) is 41.8 Å². The Morgan fingerprint density at radius 2 is 1.91 bits per heavy atom. The summed E-state index contributed by atoms with van der Waals surface area (Å²) >= 11 is 6.10. The Balaban J connectivity index is 1.29. The number of anilines is 1. The zero-order valence-corrected chi connectivity index (χ0v) is 18.6. The van der Waals surface area contributed by atoms with E-state index in [9.17, 15) is 4.79 Å². The molecule has 0 unspecified atom stereocenters. The first-order valence-corrected chi connectivity index (χ1v) is 11.7. The van der Waals surface area contributed by atoms with Gasteiger partial charge in [-0.05, 0) is 49.9 Å². The number of nitrogens with zero attached hydrogens (tertiary/aromatic N) is 4.